The van der Waals surface area contributed by atoms with E-state index >= 15 is 0 Å². The summed E-state index contributed by atoms with van der Waals surface area (Å²) in [6.45, 7) is 0. The third-order valence-electron chi connectivity index (χ3n) is 1.74. The SMILES string of the molecule is O=[N+]([O-])c1[c]cc(C(F)(F)F)c(C(F)(F)F)c1. The third kappa shape index (κ3) is 2.86. The Balaban J connectivity index is 3.49. The first-order valence-corrected chi connectivity index (χ1v) is 3.88. The van der Waals surface area contributed by atoms with E-state index < -0.39 is 34.1 Å². The van der Waals surface area contributed by atoms with Gasteiger partial charge in [-0.05, 0) is 6.07 Å². The summed E-state index contributed by atoms with van der Waals surface area (Å²) >= 11 is 0. The number of alkyl halides is 6. The summed E-state index contributed by atoms with van der Waals surface area (Å²) in [5.41, 5.74) is -5.28. The average molecular weight is 258 g/mol. The second-order valence-electron chi connectivity index (χ2n) is 2.90. The van der Waals surface area contributed by atoms with Crippen molar-refractivity contribution >= 4 is 5.69 Å². The van der Waals surface area contributed by atoms with Gasteiger partial charge in [0.2, 0.25) is 0 Å². The maximum Gasteiger partial charge on any atom is 0.417 e. The van der Waals surface area contributed by atoms with E-state index in [1.54, 1.807) is 0 Å². The Hall–Kier alpha value is -1.80. The Kier molecular flexibility index (Phi) is 3.04. The monoisotopic (exact) mass is 258 g/mol. The summed E-state index contributed by atoms with van der Waals surface area (Å²) in [6, 6.07) is 1.26. The molecular weight excluding hydrogens is 256 g/mol. The van der Waals surface area contributed by atoms with Crippen LogP contribution in [0.1, 0.15) is 11.1 Å². The van der Waals surface area contributed by atoms with Gasteiger partial charge in [-0.15, -0.1) is 0 Å². The van der Waals surface area contributed by atoms with Crippen LogP contribution in [0.15, 0.2) is 12.1 Å². The molecule has 17 heavy (non-hydrogen) atoms. The zero-order valence-corrected chi connectivity index (χ0v) is 7.69. The quantitative estimate of drug-likeness (QED) is 0.440. The molecule has 3 nitrogen and oxygen atoms in total. The molecule has 0 unspecified atom stereocenters. The molecule has 0 atom stereocenters. The Morgan fingerprint density at radius 3 is 1.88 bits per heavy atom. The molecule has 0 amide bonds. The van der Waals surface area contributed by atoms with E-state index in [1.807, 2.05) is 0 Å². The van der Waals surface area contributed by atoms with Crippen molar-refractivity contribution in [2.45, 2.75) is 12.4 Å². The highest BCUT2D eigenvalue weighted by Crippen LogP contribution is 2.41. The highest BCUT2D eigenvalue weighted by Gasteiger charge is 2.44. The molecule has 93 valence electrons. The number of nitro benzene ring substituents is 1. The number of halogens is 6. The fourth-order valence-corrected chi connectivity index (χ4v) is 1.05. The van der Waals surface area contributed by atoms with E-state index in [2.05, 4.69) is 0 Å². The minimum absolute atomic E-state index is 0.0824. The van der Waals surface area contributed by atoms with E-state index in [-0.39, 0.29) is 12.1 Å². The molecule has 1 aromatic rings. The summed E-state index contributed by atoms with van der Waals surface area (Å²) in [4.78, 5) is 8.91. The Labute approximate surface area is 89.8 Å². The molecule has 0 aliphatic heterocycles. The van der Waals surface area contributed by atoms with Crippen LogP contribution in [0.25, 0.3) is 0 Å². The first-order valence-electron chi connectivity index (χ1n) is 3.88. The molecule has 1 aromatic carbocycles. The average Bonchev–Trinajstić information content (AvgIpc) is 2.14. The highest BCUT2D eigenvalue weighted by atomic mass is 19.4. The lowest BCUT2D eigenvalue weighted by Crippen LogP contribution is -2.16. The van der Waals surface area contributed by atoms with Crippen molar-refractivity contribution in [3.05, 3.63) is 39.4 Å². The number of nitrogens with zero attached hydrogens (tertiary/aromatic N) is 1. The van der Waals surface area contributed by atoms with Gasteiger partial charge < -0.3 is 0 Å². The summed E-state index contributed by atoms with van der Waals surface area (Å²) in [6.07, 6.45) is -10.6. The molecule has 0 heterocycles. The third-order valence-corrected chi connectivity index (χ3v) is 1.74. The normalized spacial score (nSPS) is 12.6. The van der Waals surface area contributed by atoms with Crippen LogP contribution >= 0.6 is 0 Å². The molecule has 0 saturated carbocycles. The first kappa shape index (κ1) is 13.3. The van der Waals surface area contributed by atoms with E-state index in [1.165, 1.54) is 6.07 Å². The van der Waals surface area contributed by atoms with Gasteiger partial charge in [0.15, 0.2) is 0 Å². The lowest BCUT2D eigenvalue weighted by Gasteiger charge is -2.14. The van der Waals surface area contributed by atoms with Crippen LogP contribution in [0.4, 0.5) is 32.0 Å². The van der Waals surface area contributed by atoms with Crippen LogP contribution in [0.5, 0.6) is 0 Å². The summed E-state index contributed by atoms with van der Waals surface area (Å²) in [5, 5.41) is 10.2. The second kappa shape index (κ2) is 3.90. The van der Waals surface area contributed by atoms with Gasteiger partial charge in [-0.25, -0.2) is 0 Å². The molecule has 1 rings (SSSR count). The zero-order chi connectivity index (χ0) is 13.4. The van der Waals surface area contributed by atoms with Crippen LogP contribution in [-0.2, 0) is 12.4 Å². The standard InChI is InChI=1S/C8H2F6NO2/c9-7(10,11)5-2-1-4(15(16)17)3-6(5)8(12,13)14/h2-3H. The van der Waals surface area contributed by atoms with Crippen molar-refractivity contribution < 1.29 is 31.3 Å². The number of hydrogen-bond donors (Lipinski definition) is 0. The van der Waals surface area contributed by atoms with Gasteiger partial charge in [0, 0.05) is 6.07 Å². The predicted molar refractivity (Wildman–Crippen MR) is 41.9 cm³/mol. The maximum absolute atomic E-state index is 12.3. The molecule has 0 aliphatic carbocycles. The molecule has 0 saturated heterocycles. The molecule has 9 heteroatoms. The first-order chi connectivity index (χ1) is 7.53. The fraction of sp³-hybridized carbons (Fsp3) is 0.250. The van der Waals surface area contributed by atoms with Crippen molar-refractivity contribution in [3.63, 3.8) is 0 Å². The van der Waals surface area contributed by atoms with E-state index in [4.69, 9.17) is 0 Å². The van der Waals surface area contributed by atoms with Gasteiger partial charge in [-0.3, -0.25) is 10.1 Å². The number of nitro groups is 1. The number of non-ortho nitro benzene ring substituents is 1. The van der Waals surface area contributed by atoms with E-state index in [9.17, 15) is 36.5 Å². The largest absolute Gasteiger partial charge is 0.417 e. The molecule has 1 radical (unpaired) electrons. The summed E-state index contributed by atoms with van der Waals surface area (Å²) in [5.74, 6) is 0. The van der Waals surface area contributed by atoms with Crippen molar-refractivity contribution in [1.82, 2.24) is 0 Å². The molecule has 0 aromatic heterocycles. The van der Waals surface area contributed by atoms with Crippen LogP contribution in [-0.4, -0.2) is 4.92 Å². The second-order valence-corrected chi connectivity index (χ2v) is 2.90. The smallest absolute Gasteiger partial charge is 0.258 e. The highest BCUT2D eigenvalue weighted by molar-refractivity contribution is 5.41. The van der Waals surface area contributed by atoms with E-state index in [0.717, 1.165) is 0 Å². The van der Waals surface area contributed by atoms with Gasteiger partial charge in [-0.2, -0.15) is 26.3 Å². The van der Waals surface area contributed by atoms with Crippen molar-refractivity contribution in [2.24, 2.45) is 0 Å². The van der Waals surface area contributed by atoms with Gasteiger partial charge in [-0.1, -0.05) is 0 Å². The zero-order valence-electron chi connectivity index (χ0n) is 7.69. The van der Waals surface area contributed by atoms with Crippen LogP contribution in [0.2, 0.25) is 0 Å². The molecule has 0 bridgehead atoms. The topological polar surface area (TPSA) is 43.1 Å². The molecule has 0 aliphatic rings. The van der Waals surface area contributed by atoms with Gasteiger partial charge in [0.1, 0.15) is 0 Å². The van der Waals surface area contributed by atoms with Crippen molar-refractivity contribution in [3.8, 4) is 0 Å². The molecule has 0 spiro atoms. The predicted octanol–water partition coefficient (Wildman–Crippen LogP) is 3.43. The number of rotatable bonds is 1. The van der Waals surface area contributed by atoms with Crippen molar-refractivity contribution in [2.75, 3.05) is 0 Å². The molecule has 0 fully saturated rings. The lowest BCUT2D eigenvalue weighted by molar-refractivity contribution is -0.385. The number of benzene rings is 1. The van der Waals surface area contributed by atoms with Gasteiger partial charge in [0.05, 0.1) is 22.1 Å². The minimum Gasteiger partial charge on any atom is -0.258 e. The minimum atomic E-state index is -5.33. The fourth-order valence-electron chi connectivity index (χ4n) is 1.05. The Bertz CT molecular complexity index is 450. The lowest BCUT2D eigenvalue weighted by atomic mass is 10.1. The summed E-state index contributed by atoms with van der Waals surface area (Å²) in [7, 11) is 0. The van der Waals surface area contributed by atoms with Crippen LogP contribution in [0.3, 0.4) is 0 Å². The van der Waals surface area contributed by atoms with Gasteiger partial charge >= 0.3 is 12.4 Å². The number of hydrogen-bond acceptors (Lipinski definition) is 2. The summed E-state index contributed by atoms with van der Waals surface area (Å²) < 4.78 is 73.5. The Morgan fingerprint density at radius 2 is 1.53 bits per heavy atom. The Morgan fingerprint density at radius 1 is 1.06 bits per heavy atom. The maximum atomic E-state index is 12.3. The van der Waals surface area contributed by atoms with Crippen molar-refractivity contribution in [1.29, 1.82) is 0 Å². The molecular formula is C8H2F6NO2. The van der Waals surface area contributed by atoms with Crippen LogP contribution in [0, 0.1) is 16.2 Å². The molecule has 0 N–H and O–H groups in total. The van der Waals surface area contributed by atoms with E-state index in [0.29, 0.717) is 0 Å². The van der Waals surface area contributed by atoms with Gasteiger partial charge in [0.25, 0.3) is 5.69 Å². The van der Waals surface area contributed by atoms with Crippen LogP contribution < -0.4 is 0 Å².